The molecule has 31 heavy (non-hydrogen) atoms. The molecule has 0 aromatic rings. The summed E-state index contributed by atoms with van der Waals surface area (Å²) in [5.74, 6) is 5.73. The zero-order chi connectivity index (χ0) is 22.2. The molecule has 3 heterocycles. The molecule has 2 amide bonds. The summed E-state index contributed by atoms with van der Waals surface area (Å²) in [7, 11) is 0. The Morgan fingerprint density at radius 2 is 1.16 bits per heavy atom. The fourth-order valence-electron chi connectivity index (χ4n) is 4.58. The summed E-state index contributed by atoms with van der Waals surface area (Å²) < 4.78 is 0. The number of terminal acetylenes is 2. The molecule has 3 rings (SSSR count). The summed E-state index contributed by atoms with van der Waals surface area (Å²) in [6.07, 6.45) is 10.8. The lowest BCUT2D eigenvalue weighted by atomic mass is 10.1. The number of amides is 2. The van der Waals surface area contributed by atoms with Gasteiger partial charge in [-0.25, -0.2) is 0 Å². The standard InChI is InChI=1S/C23H36N6O2/c1-4-6-24-8-13-27(14-9-24)22(30)19-26-12-17-29(21(3)18-26)20-23(31)28-15-10-25(7-5-2)11-16-28/h1-2,21H,6-20H2,3H3/t21-/m1/s1. The molecule has 3 aliphatic heterocycles. The Hall–Kier alpha value is -2.10. The Labute approximate surface area is 187 Å². The number of carbonyl (C=O) groups excluding carboxylic acids is 2. The highest BCUT2D eigenvalue weighted by Crippen LogP contribution is 2.12. The fourth-order valence-corrected chi connectivity index (χ4v) is 4.58. The number of nitrogens with zero attached hydrogens (tertiary/aromatic N) is 6. The number of hydrogen-bond donors (Lipinski definition) is 0. The first-order valence-corrected chi connectivity index (χ1v) is 11.3. The Morgan fingerprint density at radius 1 is 0.710 bits per heavy atom. The Morgan fingerprint density at radius 3 is 1.61 bits per heavy atom. The smallest absolute Gasteiger partial charge is 0.236 e. The SMILES string of the molecule is C#CCN1CCN(C(=O)CN2CCN(CC(=O)N3CCN(CC#C)CC3)[C@H](C)C2)CC1. The van der Waals surface area contributed by atoms with Crippen molar-refractivity contribution in [1.29, 1.82) is 0 Å². The van der Waals surface area contributed by atoms with E-state index in [0.717, 1.165) is 72.0 Å². The van der Waals surface area contributed by atoms with Crippen LogP contribution in [0.5, 0.6) is 0 Å². The van der Waals surface area contributed by atoms with Gasteiger partial charge in [-0.05, 0) is 6.92 Å². The third kappa shape index (κ3) is 6.69. The zero-order valence-electron chi connectivity index (χ0n) is 18.8. The normalized spacial score (nSPS) is 24.5. The molecule has 8 heteroatoms. The van der Waals surface area contributed by atoms with Crippen LogP contribution in [-0.4, -0.2) is 145 Å². The highest BCUT2D eigenvalue weighted by molar-refractivity contribution is 5.79. The molecule has 170 valence electrons. The minimum Gasteiger partial charge on any atom is -0.339 e. The van der Waals surface area contributed by atoms with Crippen LogP contribution < -0.4 is 0 Å². The third-order valence-corrected chi connectivity index (χ3v) is 6.63. The molecule has 0 saturated carbocycles. The van der Waals surface area contributed by atoms with Gasteiger partial charge >= 0.3 is 0 Å². The highest BCUT2D eigenvalue weighted by Gasteiger charge is 2.30. The number of hydrogen-bond acceptors (Lipinski definition) is 6. The average molecular weight is 429 g/mol. The molecule has 0 bridgehead atoms. The number of piperazine rings is 3. The molecule has 0 N–H and O–H groups in total. The zero-order valence-corrected chi connectivity index (χ0v) is 18.8. The van der Waals surface area contributed by atoms with Crippen LogP contribution in [0, 0.1) is 24.7 Å². The van der Waals surface area contributed by atoms with Crippen molar-refractivity contribution in [3.63, 3.8) is 0 Å². The lowest BCUT2D eigenvalue weighted by Crippen LogP contribution is -2.58. The van der Waals surface area contributed by atoms with Crippen molar-refractivity contribution in [2.24, 2.45) is 0 Å². The maximum absolute atomic E-state index is 12.8. The Kier molecular flexibility index (Phi) is 8.74. The predicted octanol–water partition coefficient (Wildman–Crippen LogP) is -1.45. The quantitative estimate of drug-likeness (QED) is 0.483. The Balaban J connectivity index is 1.38. The second-order valence-corrected chi connectivity index (χ2v) is 8.78. The molecule has 8 nitrogen and oxygen atoms in total. The van der Waals surface area contributed by atoms with E-state index in [-0.39, 0.29) is 17.9 Å². The van der Waals surface area contributed by atoms with Crippen molar-refractivity contribution in [1.82, 2.24) is 29.4 Å². The van der Waals surface area contributed by atoms with Gasteiger partial charge in [0.25, 0.3) is 0 Å². The van der Waals surface area contributed by atoms with Gasteiger partial charge in [0.15, 0.2) is 0 Å². The van der Waals surface area contributed by atoms with Crippen LogP contribution in [0.2, 0.25) is 0 Å². The van der Waals surface area contributed by atoms with Crippen LogP contribution in [0.3, 0.4) is 0 Å². The maximum atomic E-state index is 12.8. The van der Waals surface area contributed by atoms with E-state index in [9.17, 15) is 9.59 Å². The van der Waals surface area contributed by atoms with E-state index in [4.69, 9.17) is 12.8 Å². The van der Waals surface area contributed by atoms with Crippen LogP contribution in [0.1, 0.15) is 6.92 Å². The van der Waals surface area contributed by atoms with Gasteiger partial charge in [-0.1, -0.05) is 11.8 Å². The lowest BCUT2D eigenvalue weighted by Gasteiger charge is -2.41. The molecule has 0 aromatic carbocycles. The van der Waals surface area contributed by atoms with E-state index < -0.39 is 0 Å². The first kappa shape index (κ1) is 23.6. The van der Waals surface area contributed by atoms with Gasteiger partial charge in [0.1, 0.15) is 0 Å². The van der Waals surface area contributed by atoms with E-state index in [0.29, 0.717) is 26.2 Å². The summed E-state index contributed by atoms with van der Waals surface area (Å²) in [6, 6.07) is 0.251. The highest BCUT2D eigenvalue weighted by atomic mass is 16.2. The molecule has 0 spiro atoms. The van der Waals surface area contributed by atoms with Crippen molar-refractivity contribution in [2.45, 2.75) is 13.0 Å². The number of rotatable bonds is 6. The monoisotopic (exact) mass is 428 g/mol. The molecule has 1 atom stereocenters. The van der Waals surface area contributed by atoms with E-state index in [1.807, 2.05) is 9.80 Å². The summed E-state index contributed by atoms with van der Waals surface area (Å²) >= 11 is 0. The van der Waals surface area contributed by atoms with Crippen molar-refractivity contribution >= 4 is 11.8 Å². The van der Waals surface area contributed by atoms with E-state index in [1.165, 1.54) is 0 Å². The third-order valence-electron chi connectivity index (χ3n) is 6.63. The van der Waals surface area contributed by atoms with Gasteiger partial charge in [-0.15, -0.1) is 12.8 Å². The van der Waals surface area contributed by atoms with E-state index in [2.05, 4.69) is 38.4 Å². The summed E-state index contributed by atoms with van der Waals surface area (Å²) in [5.41, 5.74) is 0. The molecule has 3 fully saturated rings. The average Bonchev–Trinajstić information content (AvgIpc) is 2.77. The largest absolute Gasteiger partial charge is 0.339 e. The first-order valence-electron chi connectivity index (χ1n) is 11.3. The van der Waals surface area contributed by atoms with Crippen LogP contribution in [0.4, 0.5) is 0 Å². The minimum absolute atomic E-state index is 0.196. The van der Waals surface area contributed by atoms with Crippen molar-refractivity contribution in [3.8, 4) is 24.7 Å². The summed E-state index contributed by atoms with van der Waals surface area (Å²) in [5, 5.41) is 0. The molecule has 0 unspecified atom stereocenters. The van der Waals surface area contributed by atoms with Crippen LogP contribution in [-0.2, 0) is 9.59 Å². The first-order chi connectivity index (χ1) is 15.0. The van der Waals surface area contributed by atoms with Gasteiger partial charge < -0.3 is 9.80 Å². The molecule has 0 radical (unpaired) electrons. The number of carbonyl (C=O) groups is 2. The second kappa shape index (κ2) is 11.5. The minimum atomic E-state index is 0.196. The van der Waals surface area contributed by atoms with Gasteiger partial charge in [0.2, 0.25) is 11.8 Å². The topological polar surface area (TPSA) is 53.6 Å². The second-order valence-electron chi connectivity index (χ2n) is 8.78. The summed E-state index contributed by atoms with van der Waals surface area (Å²) in [4.78, 5) is 38.2. The molecule has 3 aliphatic rings. The summed E-state index contributed by atoms with van der Waals surface area (Å²) in [6.45, 7) is 13.2. The van der Waals surface area contributed by atoms with E-state index >= 15 is 0 Å². The van der Waals surface area contributed by atoms with Gasteiger partial charge in [-0.2, -0.15) is 0 Å². The van der Waals surface area contributed by atoms with Crippen LogP contribution in [0.15, 0.2) is 0 Å². The van der Waals surface area contributed by atoms with E-state index in [1.54, 1.807) is 0 Å². The maximum Gasteiger partial charge on any atom is 0.236 e. The van der Waals surface area contributed by atoms with Crippen molar-refractivity contribution in [3.05, 3.63) is 0 Å². The molecule has 3 saturated heterocycles. The van der Waals surface area contributed by atoms with Crippen LogP contribution >= 0.6 is 0 Å². The molecular formula is C23H36N6O2. The Bertz CT molecular complexity index is 698. The molecule has 0 aromatic heterocycles. The lowest BCUT2D eigenvalue weighted by molar-refractivity contribution is -0.137. The van der Waals surface area contributed by atoms with Gasteiger partial charge in [0, 0.05) is 78.0 Å². The van der Waals surface area contributed by atoms with Crippen molar-refractivity contribution < 1.29 is 9.59 Å². The van der Waals surface area contributed by atoms with Crippen LogP contribution in [0.25, 0.3) is 0 Å². The van der Waals surface area contributed by atoms with Gasteiger partial charge in [0.05, 0.1) is 26.2 Å². The van der Waals surface area contributed by atoms with Crippen molar-refractivity contribution in [2.75, 3.05) is 98.2 Å². The molecular weight excluding hydrogens is 392 g/mol. The molecule has 0 aliphatic carbocycles. The predicted molar refractivity (Wildman–Crippen MR) is 121 cm³/mol. The fraction of sp³-hybridized carbons (Fsp3) is 0.739. The van der Waals surface area contributed by atoms with Gasteiger partial charge in [-0.3, -0.25) is 29.2 Å².